The lowest BCUT2D eigenvalue weighted by molar-refractivity contribution is -0.155. The zero-order valence-corrected chi connectivity index (χ0v) is 12.3. The van der Waals surface area contributed by atoms with Crippen LogP contribution in [0.1, 0.15) is 39.7 Å². The van der Waals surface area contributed by atoms with Crippen molar-refractivity contribution in [2.24, 2.45) is 0 Å². The average molecular weight is 264 g/mol. The van der Waals surface area contributed by atoms with Crippen LogP contribution < -0.4 is 0 Å². The lowest BCUT2D eigenvalue weighted by Crippen LogP contribution is -2.29. The molecule has 0 bridgehead atoms. The SMILES string of the molecule is CCN(CCC(=O)OC(C)(C)C)Cc1ccncc1. The number of nitrogens with zero attached hydrogens (tertiary/aromatic N) is 2. The Morgan fingerprint density at radius 3 is 2.47 bits per heavy atom. The van der Waals surface area contributed by atoms with Gasteiger partial charge < -0.3 is 4.74 Å². The number of hydrogen-bond donors (Lipinski definition) is 0. The van der Waals surface area contributed by atoms with Crippen molar-refractivity contribution in [3.8, 4) is 0 Å². The van der Waals surface area contributed by atoms with Crippen LogP contribution in [0.15, 0.2) is 24.5 Å². The van der Waals surface area contributed by atoms with Gasteiger partial charge in [-0.05, 0) is 45.0 Å². The van der Waals surface area contributed by atoms with E-state index in [1.165, 1.54) is 5.56 Å². The summed E-state index contributed by atoms with van der Waals surface area (Å²) in [4.78, 5) is 17.9. The summed E-state index contributed by atoms with van der Waals surface area (Å²) in [7, 11) is 0. The summed E-state index contributed by atoms with van der Waals surface area (Å²) >= 11 is 0. The molecule has 0 unspecified atom stereocenters. The maximum absolute atomic E-state index is 11.7. The molecule has 0 spiro atoms. The molecule has 4 nitrogen and oxygen atoms in total. The van der Waals surface area contributed by atoms with Gasteiger partial charge in [-0.25, -0.2) is 0 Å². The van der Waals surface area contributed by atoms with E-state index in [2.05, 4.69) is 16.8 Å². The molecular formula is C15H24N2O2. The van der Waals surface area contributed by atoms with Gasteiger partial charge in [-0.1, -0.05) is 6.92 Å². The normalized spacial score (nSPS) is 11.6. The maximum atomic E-state index is 11.7. The number of ether oxygens (including phenoxy) is 1. The van der Waals surface area contributed by atoms with Gasteiger partial charge in [-0.15, -0.1) is 0 Å². The van der Waals surface area contributed by atoms with Crippen molar-refractivity contribution < 1.29 is 9.53 Å². The lowest BCUT2D eigenvalue weighted by Gasteiger charge is -2.22. The van der Waals surface area contributed by atoms with Gasteiger partial charge in [0.25, 0.3) is 0 Å². The van der Waals surface area contributed by atoms with Crippen LogP contribution >= 0.6 is 0 Å². The van der Waals surface area contributed by atoms with Crippen molar-refractivity contribution in [2.75, 3.05) is 13.1 Å². The fraction of sp³-hybridized carbons (Fsp3) is 0.600. The lowest BCUT2D eigenvalue weighted by atomic mass is 10.2. The van der Waals surface area contributed by atoms with Crippen molar-refractivity contribution in [1.29, 1.82) is 0 Å². The Balaban J connectivity index is 2.39. The highest BCUT2D eigenvalue weighted by Gasteiger charge is 2.16. The Kier molecular flexibility index (Phi) is 5.96. The molecule has 0 aromatic carbocycles. The first-order chi connectivity index (χ1) is 8.90. The van der Waals surface area contributed by atoms with Gasteiger partial charge in [-0.2, -0.15) is 0 Å². The van der Waals surface area contributed by atoms with Crippen LogP contribution in [0, 0.1) is 0 Å². The molecule has 0 aliphatic rings. The van der Waals surface area contributed by atoms with Gasteiger partial charge in [0, 0.05) is 25.5 Å². The second-order valence-corrected chi connectivity index (χ2v) is 5.56. The molecule has 0 saturated carbocycles. The second-order valence-electron chi connectivity index (χ2n) is 5.56. The number of aromatic nitrogens is 1. The quantitative estimate of drug-likeness (QED) is 0.741. The van der Waals surface area contributed by atoms with E-state index in [-0.39, 0.29) is 5.97 Å². The molecule has 1 heterocycles. The molecular weight excluding hydrogens is 240 g/mol. The van der Waals surface area contributed by atoms with Crippen LogP contribution in [0.4, 0.5) is 0 Å². The highest BCUT2D eigenvalue weighted by atomic mass is 16.6. The summed E-state index contributed by atoms with van der Waals surface area (Å²) in [6.07, 6.45) is 4.00. The first kappa shape index (κ1) is 15.6. The molecule has 0 atom stereocenters. The molecule has 19 heavy (non-hydrogen) atoms. The van der Waals surface area contributed by atoms with Crippen molar-refractivity contribution in [2.45, 2.75) is 46.3 Å². The minimum Gasteiger partial charge on any atom is -0.460 e. The molecule has 0 radical (unpaired) electrons. The number of esters is 1. The number of hydrogen-bond acceptors (Lipinski definition) is 4. The third-order valence-electron chi connectivity index (χ3n) is 2.65. The Labute approximate surface area is 115 Å². The van der Waals surface area contributed by atoms with Crippen molar-refractivity contribution in [1.82, 2.24) is 9.88 Å². The molecule has 4 heteroatoms. The summed E-state index contributed by atoms with van der Waals surface area (Å²) in [5, 5.41) is 0. The predicted octanol–water partition coefficient (Wildman–Crippen LogP) is 2.64. The zero-order chi connectivity index (χ0) is 14.3. The van der Waals surface area contributed by atoms with Gasteiger partial charge in [0.2, 0.25) is 0 Å². The zero-order valence-electron chi connectivity index (χ0n) is 12.3. The van der Waals surface area contributed by atoms with Crippen LogP contribution in [0.5, 0.6) is 0 Å². The molecule has 1 aromatic heterocycles. The number of rotatable bonds is 6. The predicted molar refractivity (Wildman–Crippen MR) is 75.7 cm³/mol. The summed E-state index contributed by atoms with van der Waals surface area (Å²) < 4.78 is 5.31. The molecule has 0 saturated heterocycles. The Bertz CT molecular complexity index is 385. The fourth-order valence-electron chi connectivity index (χ4n) is 1.74. The minimum atomic E-state index is -0.404. The fourth-order valence-corrected chi connectivity index (χ4v) is 1.74. The monoisotopic (exact) mass is 264 g/mol. The summed E-state index contributed by atoms with van der Waals surface area (Å²) in [6, 6.07) is 3.99. The van der Waals surface area contributed by atoms with Crippen LogP contribution in [-0.2, 0) is 16.1 Å². The maximum Gasteiger partial charge on any atom is 0.307 e. The Hall–Kier alpha value is -1.42. The average Bonchev–Trinajstić information content (AvgIpc) is 2.33. The standard InChI is InChI=1S/C15H24N2O2/c1-5-17(12-13-6-9-16-10-7-13)11-8-14(18)19-15(2,3)4/h6-7,9-10H,5,8,11-12H2,1-4H3. The molecule has 0 amide bonds. The van der Waals surface area contributed by atoms with E-state index in [0.29, 0.717) is 13.0 Å². The Morgan fingerprint density at radius 2 is 1.95 bits per heavy atom. The molecule has 0 N–H and O–H groups in total. The number of carbonyl (C=O) groups excluding carboxylic acids is 1. The van der Waals surface area contributed by atoms with Gasteiger partial charge in [0.15, 0.2) is 0 Å². The van der Waals surface area contributed by atoms with Crippen LogP contribution in [0.2, 0.25) is 0 Å². The van der Waals surface area contributed by atoms with Gasteiger partial charge in [0.05, 0.1) is 6.42 Å². The van der Waals surface area contributed by atoms with Crippen molar-refractivity contribution in [3.05, 3.63) is 30.1 Å². The van der Waals surface area contributed by atoms with Crippen LogP contribution in [0.25, 0.3) is 0 Å². The molecule has 106 valence electrons. The highest BCUT2D eigenvalue weighted by molar-refractivity contribution is 5.70. The topological polar surface area (TPSA) is 42.4 Å². The van der Waals surface area contributed by atoms with Gasteiger partial charge in [0.1, 0.15) is 5.60 Å². The second kappa shape index (κ2) is 7.24. The third-order valence-corrected chi connectivity index (χ3v) is 2.65. The first-order valence-corrected chi connectivity index (χ1v) is 6.74. The highest BCUT2D eigenvalue weighted by Crippen LogP contribution is 2.09. The summed E-state index contributed by atoms with van der Waals surface area (Å²) in [6.45, 7) is 10.2. The number of pyridine rings is 1. The van der Waals surface area contributed by atoms with E-state index in [4.69, 9.17) is 4.74 Å². The summed E-state index contributed by atoms with van der Waals surface area (Å²) in [5.41, 5.74) is 0.806. The van der Waals surface area contributed by atoms with E-state index >= 15 is 0 Å². The van der Waals surface area contributed by atoms with Gasteiger partial charge >= 0.3 is 5.97 Å². The van der Waals surface area contributed by atoms with E-state index in [1.807, 2.05) is 32.9 Å². The Morgan fingerprint density at radius 1 is 1.32 bits per heavy atom. The smallest absolute Gasteiger partial charge is 0.307 e. The molecule has 1 rings (SSSR count). The third kappa shape index (κ3) is 6.91. The molecule has 1 aromatic rings. The minimum absolute atomic E-state index is 0.138. The number of carbonyl (C=O) groups is 1. The molecule has 0 aliphatic heterocycles. The van der Waals surface area contributed by atoms with Crippen LogP contribution in [-0.4, -0.2) is 34.5 Å². The molecule has 0 fully saturated rings. The van der Waals surface area contributed by atoms with Gasteiger partial charge in [-0.3, -0.25) is 14.7 Å². The van der Waals surface area contributed by atoms with Crippen molar-refractivity contribution >= 4 is 5.97 Å². The van der Waals surface area contributed by atoms with Crippen molar-refractivity contribution in [3.63, 3.8) is 0 Å². The first-order valence-electron chi connectivity index (χ1n) is 6.74. The van der Waals surface area contributed by atoms with Crippen LogP contribution in [0.3, 0.4) is 0 Å². The van der Waals surface area contributed by atoms with E-state index in [9.17, 15) is 4.79 Å². The van der Waals surface area contributed by atoms with E-state index in [0.717, 1.165) is 13.1 Å². The largest absolute Gasteiger partial charge is 0.460 e. The van der Waals surface area contributed by atoms with E-state index < -0.39 is 5.60 Å². The molecule has 0 aliphatic carbocycles. The summed E-state index contributed by atoms with van der Waals surface area (Å²) in [5.74, 6) is -0.138. The van der Waals surface area contributed by atoms with E-state index in [1.54, 1.807) is 12.4 Å².